The first kappa shape index (κ1) is 6.66. The molecule has 2 unspecified atom stereocenters. The lowest BCUT2D eigenvalue weighted by Crippen LogP contribution is -2.22. The molecule has 0 bridgehead atoms. The third-order valence-corrected chi connectivity index (χ3v) is 3.46. The molecule has 0 spiro atoms. The lowest BCUT2D eigenvalue weighted by atomic mass is 9.86. The van der Waals surface area contributed by atoms with Gasteiger partial charge in [0, 0.05) is 13.2 Å². The summed E-state index contributed by atoms with van der Waals surface area (Å²) >= 11 is 0. The second-order valence-electron chi connectivity index (χ2n) is 4.11. The summed E-state index contributed by atoms with van der Waals surface area (Å²) in [6, 6.07) is 0. The molecule has 1 saturated carbocycles. The van der Waals surface area contributed by atoms with Gasteiger partial charge in [-0.1, -0.05) is 13.8 Å². The molecule has 58 valence electrons. The zero-order chi connectivity index (χ0) is 7.19. The highest BCUT2D eigenvalue weighted by Gasteiger charge is 2.56. The van der Waals surface area contributed by atoms with E-state index in [1.54, 1.807) is 0 Å². The Bertz CT molecular complexity index is 142. The summed E-state index contributed by atoms with van der Waals surface area (Å²) in [6.07, 6.45) is 2.75. The van der Waals surface area contributed by atoms with Crippen LogP contribution < -0.4 is 0 Å². The largest absolute Gasteiger partial charge is 0.381 e. The van der Waals surface area contributed by atoms with Crippen molar-refractivity contribution in [1.29, 1.82) is 0 Å². The highest BCUT2D eigenvalue weighted by atomic mass is 16.5. The van der Waals surface area contributed by atoms with Crippen LogP contribution in [0.3, 0.4) is 0 Å². The Hall–Kier alpha value is -0.0400. The van der Waals surface area contributed by atoms with E-state index in [9.17, 15) is 0 Å². The minimum Gasteiger partial charge on any atom is -0.381 e. The highest BCUT2D eigenvalue weighted by molar-refractivity contribution is 5.05. The number of rotatable bonds is 1. The van der Waals surface area contributed by atoms with E-state index < -0.39 is 0 Å². The van der Waals surface area contributed by atoms with Crippen LogP contribution in [0.25, 0.3) is 0 Å². The van der Waals surface area contributed by atoms with Gasteiger partial charge in [0.2, 0.25) is 0 Å². The zero-order valence-corrected chi connectivity index (χ0v) is 6.89. The fourth-order valence-electron chi connectivity index (χ4n) is 2.41. The molecule has 2 fully saturated rings. The molecule has 1 heteroatoms. The molecule has 2 aliphatic rings. The molecule has 1 aliphatic carbocycles. The van der Waals surface area contributed by atoms with Crippen LogP contribution in [0.2, 0.25) is 0 Å². The smallest absolute Gasteiger partial charge is 0.0499 e. The number of ether oxygens (including phenoxy) is 1. The van der Waals surface area contributed by atoms with Crippen LogP contribution in [0, 0.1) is 17.3 Å². The van der Waals surface area contributed by atoms with Crippen LogP contribution in [0.1, 0.15) is 26.7 Å². The molecule has 0 amide bonds. The molecule has 1 nitrogen and oxygen atoms in total. The maximum absolute atomic E-state index is 5.40. The normalized spacial score (nSPS) is 45.3. The third-order valence-electron chi connectivity index (χ3n) is 3.46. The van der Waals surface area contributed by atoms with Crippen molar-refractivity contribution in [1.82, 2.24) is 0 Å². The van der Waals surface area contributed by atoms with Crippen LogP contribution >= 0.6 is 0 Å². The summed E-state index contributed by atoms with van der Waals surface area (Å²) in [5.74, 6) is 1.79. The molecule has 0 aromatic rings. The van der Waals surface area contributed by atoms with Crippen molar-refractivity contribution in [3.63, 3.8) is 0 Å². The van der Waals surface area contributed by atoms with E-state index in [2.05, 4.69) is 13.8 Å². The van der Waals surface area contributed by atoms with Crippen LogP contribution in [0.4, 0.5) is 0 Å². The minimum absolute atomic E-state index is 0.720. The van der Waals surface area contributed by atoms with Gasteiger partial charge in [-0.05, 0) is 30.1 Å². The summed E-state index contributed by atoms with van der Waals surface area (Å²) in [6.45, 7) is 6.75. The summed E-state index contributed by atoms with van der Waals surface area (Å²) in [4.78, 5) is 0. The second kappa shape index (κ2) is 1.97. The molecule has 0 aromatic heterocycles. The van der Waals surface area contributed by atoms with E-state index >= 15 is 0 Å². The Kier molecular flexibility index (Phi) is 1.31. The maximum atomic E-state index is 5.40. The monoisotopic (exact) mass is 140 g/mol. The van der Waals surface area contributed by atoms with Gasteiger partial charge in [-0.25, -0.2) is 0 Å². The molecule has 1 saturated heterocycles. The predicted octanol–water partition coefficient (Wildman–Crippen LogP) is 2.07. The van der Waals surface area contributed by atoms with Gasteiger partial charge in [0.1, 0.15) is 0 Å². The van der Waals surface area contributed by atoms with E-state index in [-0.39, 0.29) is 0 Å². The van der Waals surface area contributed by atoms with Crippen molar-refractivity contribution < 1.29 is 4.74 Å². The third kappa shape index (κ3) is 0.731. The average Bonchev–Trinajstić information content (AvgIpc) is 2.61. The first-order valence-electron chi connectivity index (χ1n) is 4.33. The van der Waals surface area contributed by atoms with Crippen molar-refractivity contribution >= 4 is 0 Å². The zero-order valence-electron chi connectivity index (χ0n) is 6.89. The van der Waals surface area contributed by atoms with Crippen LogP contribution in [0.15, 0.2) is 0 Å². The van der Waals surface area contributed by atoms with Crippen molar-refractivity contribution in [3.8, 4) is 0 Å². The Morgan fingerprint density at radius 2 is 2.30 bits per heavy atom. The fourth-order valence-corrected chi connectivity index (χ4v) is 2.41. The van der Waals surface area contributed by atoms with Gasteiger partial charge >= 0.3 is 0 Å². The SMILES string of the molecule is CC(C)C12CCOCC1C2. The molecular formula is C9H16O. The predicted molar refractivity (Wildman–Crippen MR) is 40.8 cm³/mol. The van der Waals surface area contributed by atoms with Gasteiger partial charge in [0.15, 0.2) is 0 Å². The Morgan fingerprint density at radius 3 is 2.80 bits per heavy atom. The Balaban J connectivity index is 2.05. The Labute approximate surface area is 62.8 Å². The summed E-state index contributed by atoms with van der Waals surface area (Å²) < 4.78 is 5.40. The van der Waals surface area contributed by atoms with Crippen LogP contribution in [-0.4, -0.2) is 13.2 Å². The van der Waals surface area contributed by atoms with Crippen LogP contribution in [-0.2, 0) is 4.74 Å². The quantitative estimate of drug-likeness (QED) is 0.541. The average molecular weight is 140 g/mol. The van der Waals surface area contributed by atoms with Gasteiger partial charge in [-0.3, -0.25) is 0 Å². The van der Waals surface area contributed by atoms with E-state index in [4.69, 9.17) is 4.74 Å². The van der Waals surface area contributed by atoms with Gasteiger partial charge in [0.05, 0.1) is 0 Å². The molecule has 0 radical (unpaired) electrons. The maximum Gasteiger partial charge on any atom is 0.0499 e. The van der Waals surface area contributed by atoms with E-state index in [0.717, 1.165) is 30.5 Å². The second-order valence-corrected chi connectivity index (χ2v) is 4.11. The van der Waals surface area contributed by atoms with Gasteiger partial charge < -0.3 is 4.74 Å². The molecule has 1 aliphatic heterocycles. The molecule has 0 aromatic carbocycles. The van der Waals surface area contributed by atoms with Crippen molar-refractivity contribution in [2.24, 2.45) is 17.3 Å². The van der Waals surface area contributed by atoms with Crippen molar-refractivity contribution in [2.45, 2.75) is 26.7 Å². The Morgan fingerprint density at radius 1 is 1.50 bits per heavy atom. The van der Waals surface area contributed by atoms with Crippen molar-refractivity contribution in [3.05, 3.63) is 0 Å². The van der Waals surface area contributed by atoms with Gasteiger partial charge in [0.25, 0.3) is 0 Å². The van der Waals surface area contributed by atoms with E-state index in [0.29, 0.717) is 0 Å². The number of fused-ring (bicyclic) bond motifs is 1. The lowest BCUT2D eigenvalue weighted by Gasteiger charge is -2.25. The van der Waals surface area contributed by atoms with Gasteiger partial charge in [-0.2, -0.15) is 0 Å². The minimum atomic E-state index is 0.720. The first-order chi connectivity index (χ1) is 4.76. The van der Waals surface area contributed by atoms with E-state index in [1.807, 2.05) is 0 Å². The summed E-state index contributed by atoms with van der Waals surface area (Å²) in [7, 11) is 0. The topological polar surface area (TPSA) is 9.23 Å². The molecule has 0 N–H and O–H groups in total. The van der Waals surface area contributed by atoms with Gasteiger partial charge in [-0.15, -0.1) is 0 Å². The fraction of sp³-hybridized carbons (Fsp3) is 1.00. The molecular weight excluding hydrogens is 124 g/mol. The molecule has 2 rings (SSSR count). The van der Waals surface area contributed by atoms with Crippen LogP contribution in [0.5, 0.6) is 0 Å². The number of hydrogen-bond acceptors (Lipinski definition) is 1. The first-order valence-corrected chi connectivity index (χ1v) is 4.33. The highest BCUT2D eigenvalue weighted by Crippen LogP contribution is 2.61. The summed E-state index contributed by atoms with van der Waals surface area (Å²) in [5, 5.41) is 0. The molecule has 10 heavy (non-hydrogen) atoms. The lowest BCUT2D eigenvalue weighted by molar-refractivity contribution is 0.0463. The van der Waals surface area contributed by atoms with Crippen molar-refractivity contribution in [2.75, 3.05) is 13.2 Å². The molecule has 1 heterocycles. The summed E-state index contributed by atoms with van der Waals surface area (Å²) in [5.41, 5.74) is 0.720. The van der Waals surface area contributed by atoms with E-state index in [1.165, 1.54) is 12.8 Å². The number of hydrogen-bond donors (Lipinski definition) is 0. The standard InChI is InChI=1S/C9H16O/c1-7(2)9-3-4-10-6-8(9)5-9/h7-8H,3-6H2,1-2H3. The molecule has 2 atom stereocenters.